The van der Waals surface area contributed by atoms with Gasteiger partial charge in [-0.05, 0) is 30.2 Å². The summed E-state index contributed by atoms with van der Waals surface area (Å²) < 4.78 is 13.1. The highest BCUT2D eigenvalue weighted by atomic mass is 19.1. The summed E-state index contributed by atoms with van der Waals surface area (Å²) in [6.07, 6.45) is 0. The first kappa shape index (κ1) is 10.7. The Morgan fingerprint density at radius 3 is 2.62 bits per heavy atom. The van der Waals surface area contributed by atoms with Gasteiger partial charge in [0.05, 0.1) is 5.69 Å². The highest BCUT2D eigenvalue weighted by Crippen LogP contribution is 2.25. The van der Waals surface area contributed by atoms with Crippen LogP contribution in [0.2, 0.25) is 0 Å². The second kappa shape index (κ2) is 3.96. The van der Waals surface area contributed by atoms with Crippen LogP contribution in [0.5, 0.6) is 5.75 Å². The number of rotatable bonds is 2. The van der Waals surface area contributed by atoms with Crippen molar-refractivity contribution in [1.29, 1.82) is 0 Å². The SMILES string of the molecule is CC(C)c1cc(-c2ccc(O)c(F)c2)n[nH]1. The Morgan fingerprint density at radius 1 is 1.31 bits per heavy atom. The molecule has 0 radical (unpaired) electrons. The number of halogens is 1. The topological polar surface area (TPSA) is 48.9 Å². The van der Waals surface area contributed by atoms with Gasteiger partial charge < -0.3 is 5.11 Å². The number of aromatic hydroxyl groups is 1. The standard InChI is InChI=1S/C12H13FN2O/c1-7(2)10-6-11(15-14-10)8-3-4-12(16)9(13)5-8/h3-7,16H,1-2H3,(H,14,15). The predicted molar refractivity (Wildman–Crippen MR) is 59.7 cm³/mol. The maximum absolute atomic E-state index is 13.1. The summed E-state index contributed by atoms with van der Waals surface area (Å²) in [6.45, 7) is 4.10. The Morgan fingerprint density at radius 2 is 2.06 bits per heavy atom. The largest absolute Gasteiger partial charge is 0.505 e. The molecule has 4 heteroatoms. The van der Waals surface area contributed by atoms with Crippen LogP contribution in [0.1, 0.15) is 25.5 Å². The Hall–Kier alpha value is -1.84. The zero-order valence-electron chi connectivity index (χ0n) is 9.16. The molecule has 3 nitrogen and oxygen atoms in total. The lowest BCUT2D eigenvalue weighted by molar-refractivity contribution is 0.432. The minimum absolute atomic E-state index is 0.344. The van der Waals surface area contributed by atoms with E-state index >= 15 is 0 Å². The summed E-state index contributed by atoms with van der Waals surface area (Å²) in [5.41, 5.74) is 2.34. The second-order valence-electron chi connectivity index (χ2n) is 4.03. The average molecular weight is 220 g/mol. The van der Waals surface area contributed by atoms with Crippen molar-refractivity contribution in [2.45, 2.75) is 19.8 Å². The maximum Gasteiger partial charge on any atom is 0.165 e. The van der Waals surface area contributed by atoms with E-state index in [0.717, 1.165) is 5.69 Å². The Balaban J connectivity index is 2.39. The van der Waals surface area contributed by atoms with Crippen molar-refractivity contribution in [3.8, 4) is 17.0 Å². The van der Waals surface area contributed by atoms with E-state index in [4.69, 9.17) is 5.11 Å². The first-order valence-corrected chi connectivity index (χ1v) is 5.12. The molecule has 0 bridgehead atoms. The Bertz CT molecular complexity index is 505. The zero-order chi connectivity index (χ0) is 11.7. The lowest BCUT2D eigenvalue weighted by atomic mass is 10.1. The smallest absolute Gasteiger partial charge is 0.165 e. The van der Waals surface area contributed by atoms with Crippen molar-refractivity contribution in [2.24, 2.45) is 0 Å². The molecule has 1 aromatic carbocycles. The van der Waals surface area contributed by atoms with Gasteiger partial charge in [0.25, 0.3) is 0 Å². The maximum atomic E-state index is 13.1. The number of phenolic OH excluding ortho intramolecular Hbond substituents is 1. The van der Waals surface area contributed by atoms with Crippen LogP contribution in [-0.2, 0) is 0 Å². The summed E-state index contributed by atoms with van der Waals surface area (Å²) in [5, 5.41) is 16.1. The lowest BCUT2D eigenvalue weighted by Crippen LogP contribution is -1.85. The molecule has 1 aromatic heterocycles. The van der Waals surface area contributed by atoms with Gasteiger partial charge in [-0.1, -0.05) is 13.8 Å². The first-order chi connectivity index (χ1) is 7.58. The third-order valence-corrected chi connectivity index (χ3v) is 2.46. The minimum atomic E-state index is -0.633. The molecule has 0 saturated heterocycles. The second-order valence-corrected chi connectivity index (χ2v) is 4.03. The van der Waals surface area contributed by atoms with E-state index in [1.165, 1.54) is 12.1 Å². The third-order valence-electron chi connectivity index (χ3n) is 2.46. The fourth-order valence-corrected chi connectivity index (χ4v) is 1.45. The number of phenols is 1. The van der Waals surface area contributed by atoms with E-state index in [2.05, 4.69) is 24.0 Å². The van der Waals surface area contributed by atoms with Crippen LogP contribution >= 0.6 is 0 Å². The predicted octanol–water partition coefficient (Wildman–Crippen LogP) is 3.04. The average Bonchev–Trinajstić information content (AvgIpc) is 2.71. The van der Waals surface area contributed by atoms with Crippen LogP contribution in [0.25, 0.3) is 11.3 Å². The van der Waals surface area contributed by atoms with Gasteiger partial charge in [0, 0.05) is 11.3 Å². The van der Waals surface area contributed by atoms with E-state index in [0.29, 0.717) is 17.2 Å². The summed E-state index contributed by atoms with van der Waals surface area (Å²) in [4.78, 5) is 0. The van der Waals surface area contributed by atoms with E-state index in [1.807, 2.05) is 6.07 Å². The molecule has 2 aromatic rings. The van der Waals surface area contributed by atoms with E-state index in [9.17, 15) is 4.39 Å². The van der Waals surface area contributed by atoms with Gasteiger partial charge in [-0.25, -0.2) is 4.39 Å². The number of hydrogen-bond donors (Lipinski definition) is 2. The number of nitrogens with zero attached hydrogens (tertiary/aromatic N) is 1. The number of aromatic nitrogens is 2. The summed E-state index contributed by atoms with van der Waals surface area (Å²) in [6, 6.07) is 6.12. The highest BCUT2D eigenvalue weighted by Gasteiger charge is 2.08. The van der Waals surface area contributed by atoms with Crippen molar-refractivity contribution in [3.05, 3.63) is 35.8 Å². The van der Waals surface area contributed by atoms with E-state index < -0.39 is 5.82 Å². The van der Waals surface area contributed by atoms with Crippen LogP contribution in [0.3, 0.4) is 0 Å². The van der Waals surface area contributed by atoms with Gasteiger partial charge in [0.1, 0.15) is 0 Å². The van der Waals surface area contributed by atoms with Crippen molar-refractivity contribution in [1.82, 2.24) is 10.2 Å². The molecule has 0 aliphatic carbocycles. The molecule has 0 spiro atoms. The lowest BCUT2D eigenvalue weighted by Gasteiger charge is -1.99. The fourth-order valence-electron chi connectivity index (χ4n) is 1.45. The third kappa shape index (κ3) is 1.91. The molecule has 0 fully saturated rings. The number of benzene rings is 1. The van der Waals surface area contributed by atoms with E-state index in [1.54, 1.807) is 6.07 Å². The van der Waals surface area contributed by atoms with Gasteiger partial charge in [-0.15, -0.1) is 0 Å². The number of nitrogens with one attached hydrogen (secondary N) is 1. The van der Waals surface area contributed by atoms with Gasteiger partial charge in [-0.2, -0.15) is 5.10 Å². The van der Waals surface area contributed by atoms with Crippen molar-refractivity contribution in [3.63, 3.8) is 0 Å². The fraction of sp³-hybridized carbons (Fsp3) is 0.250. The van der Waals surface area contributed by atoms with Gasteiger partial charge >= 0.3 is 0 Å². The van der Waals surface area contributed by atoms with Crippen LogP contribution in [-0.4, -0.2) is 15.3 Å². The molecule has 0 saturated carbocycles. The highest BCUT2D eigenvalue weighted by molar-refractivity contribution is 5.60. The van der Waals surface area contributed by atoms with Gasteiger partial charge in [0.2, 0.25) is 0 Å². The molecule has 1 heterocycles. The van der Waals surface area contributed by atoms with Crippen LogP contribution in [0, 0.1) is 5.82 Å². The molecule has 0 unspecified atom stereocenters. The summed E-state index contributed by atoms with van der Waals surface area (Å²) in [7, 11) is 0. The zero-order valence-corrected chi connectivity index (χ0v) is 9.16. The minimum Gasteiger partial charge on any atom is -0.505 e. The summed E-state index contributed by atoms with van der Waals surface area (Å²) in [5.74, 6) is -0.627. The molecular formula is C12H13FN2O. The van der Waals surface area contributed by atoms with E-state index in [-0.39, 0.29) is 5.75 Å². The monoisotopic (exact) mass is 220 g/mol. The molecule has 16 heavy (non-hydrogen) atoms. The van der Waals surface area contributed by atoms with Crippen molar-refractivity contribution >= 4 is 0 Å². The molecule has 84 valence electrons. The molecule has 0 amide bonds. The van der Waals surface area contributed by atoms with Crippen LogP contribution in [0.4, 0.5) is 4.39 Å². The molecule has 2 N–H and O–H groups in total. The molecule has 0 atom stereocenters. The van der Waals surface area contributed by atoms with Gasteiger partial charge in [-0.3, -0.25) is 5.10 Å². The number of aromatic amines is 1. The molecule has 0 aliphatic heterocycles. The first-order valence-electron chi connectivity index (χ1n) is 5.12. The Labute approximate surface area is 92.9 Å². The Kier molecular flexibility index (Phi) is 2.64. The molecule has 0 aliphatic rings. The van der Waals surface area contributed by atoms with Crippen LogP contribution in [0.15, 0.2) is 24.3 Å². The molecule has 2 rings (SSSR count). The van der Waals surface area contributed by atoms with Gasteiger partial charge in [0.15, 0.2) is 11.6 Å². The quantitative estimate of drug-likeness (QED) is 0.817. The summed E-state index contributed by atoms with van der Waals surface area (Å²) >= 11 is 0. The van der Waals surface area contributed by atoms with Crippen molar-refractivity contribution < 1.29 is 9.50 Å². The number of hydrogen-bond acceptors (Lipinski definition) is 2. The van der Waals surface area contributed by atoms with Crippen LogP contribution < -0.4 is 0 Å². The molecular weight excluding hydrogens is 207 g/mol. The normalized spacial score (nSPS) is 11.0. The number of H-pyrrole nitrogens is 1. The van der Waals surface area contributed by atoms with Crippen molar-refractivity contribution in [2.75, 3.05) is 0 Å².